The van der Waals surface area contributed by atoms with Crippen molar-refractivity contribution in [1.29, 1.82) is 0 Å². The summed E-state index contributed by atoms with van der Waals surface area (Å²) in [5, 5.41) is 4.26. The summed E-state index contributed by atoms with van der Waals surface area (Å²) in [6.45, 7) is 5.27. The molecular weight excluding hydrogens is 284 g/mol. The van der Waals surface area contributed by atoms with Crippen molar-refractivity contribution in [3.05, 3.63) is 27.8 Å². The molecule has 1 aromatic carbocycles. The molecule has 3 nitrogen and oxygen atoms in total. The van der Waals surface area contributed by atoms with Crippen LogP contribution in [0.1, 0.15) is 36.0 Å². The molecule has 4 heteroatoms. The average molecular weight is 309 g/mol. The van der Waals surface area contributed by atoms with Crippen molar-refractivity contribution in [3.63, 3.8) is 0 Å². The zero-order valence-corrected chi connectivity index (χ0v) is 13.6. The molecule has 0 spiro atoms. The maximum absolute atomic E-state index is 6.67. The van der Waals surface area contributed by atoms with Crippen LogP contribution in [0.2, 0.25) is 5.02 Å². The fraction of sp³-hybridized carbons (Fsp3) is 0.647. The number of methoxy groups -OCH3 is 1. The van der Waals surface area contributed by atoms with Gasteiger partial charge in [-0.2, -0.15) is 0 Å². The lowest BCUT2D eigenvalue weighted by atomic mass is 9.98. The zero-order chi connectivity index (χ0) is 14.7. The monoisotopic (exact) mass is 308 g/mol. The SMILES string of the molecule is COc1c(CN2CCNCC2)cc2c(c1Cl)CCCCC2. The van der Waals surface area contributed by atoms with E-state index >= 15 is 0 Å². The van der Waals surface area contributed by atoms with E-state index in [0.29, 0.717) is 0 Å². The summed E-state index contributed by atoms with van der Waals surface area (Å²) in [5.74, 6) is 0.899. The number of nitrogens with one attached hydrogen (secondary N) is 1. The topological polar surface area (TPSA) is 24.5 Å². The molecule has 1 heterocycles. The normalized spacial score (nSPS) is 19.9. The summed E-state index contributed by atoms with van der Waals surface area (Å²) < 4.78 is 5.65. The highest BCUT2D eigenvalue weighted by atomic mass is 35.5. The van der Waals surface area contributed by atoms with Gasteiger partial charge in [-0.1, -0.05) is 24.1 Å². The third kappa shape index (κ3) is 3.36. The van der Waals surface area contributed by atoms with Crippen LogP contribution in [-0.2, 0) is 19.4 Å². The van der Waals surface area contributed by atoms with E-state index in [4.69, 9.17) is 16.3 Å². The van der Waals surface area contributed by atoms with Crippen LogP contribution in [-0.4, -0.2) is 38.2 Å². The molecule has 0 bridgehead atoms. The Morgan fingerprint density at radius 2 is 1.95 bits per heavy atom. The van der Waals surface area contributed by atoms with Crippen molar-refractivity contribution in [1.82, 2.24) is 10.2 Å². The number of hydrogen-bond donors (Lipinski definition) is 1. The summed E-state index contributed by atoms with van der Waals surface area (Å²) in [7, 11) is 1.74. The maximum atomic E-state index is 6.67. The first-order chi connectivity index (χ1) is 10.3. The Morgan fingerprint density at radius 3 is 2.71 bits per heavy atom. The van der Waals surface area contributed by atoms with E-state index in [9.17, 15) is 0 Å². The second-order valence-electron chi connectivity index (χ2n) is 6.11. The summed E-state index contributed by atoms with van der Waals surface area (Å²) in [4.78, 5) is 2.48. The highest BCUT2D eigenvalue weighted by molar-refractivity contribution is 6.33. The Kier molecular flexibility index (Phi) is 5.04. The van der Waals surface area contributed by atoms with Crippen molar-refractivity contribution in [2.45, 2.75) is 38.6 Å². The smallest absolute Gasteiger partial charge is 0.142 e. The fourth-order valence-corrected chi connectivity index (χ4v) is 3.93. The predicted octanol–water partition coefficient (Wildman–Crippen LogP) is 3.02. The van der Waals surface area contributed by atoms with Crippen LogP contribution in [0.5, 0.6) is 5.75 Å². The summed E-state index contributed by atoms with van der Waals surface area (Å²) >= 11 is 6.67. The van der Waals surface area contributed by atoms with Gasteiger partial charge in [-0.3, -0.25) is 4.90 Å². The van der Waals surface area contributed by atoms with Crippen molar-refractivity contribution in [3.8, 4) is 5.75 Å². The van der Waals surface area contributed by atoms with E-state index in [1.807, 2.05) is 0 Å². The molecule has 1 N–H and O–H groups in total. The lowest BCUT2D eigenvalue weighted by Crippen LogP contribution is -2.42. The second-order valence-corrected chi connectivity index (χ2v) is 6.49. The molecule has 0 atom stereocenters. The summed E-state index contributed by atoms with van der Waals surface area (Å²) in [6.07, 6.45) is 6.09. The van der Waals surface area contributed by atoms with Gasteiger partial charge in [0.25, 0.3) is 0 Å². The zero-order valence-electron chi connectivity index (χ0n) is 12.9. The van der Waals surface area contributed by atoms with Crippen molar-refractivity contribution < 1.29 is 4.74 Å². The van der Waals surface area contributed by atoms with E-state index in [0.717, 1.165) is 56.3 Å². The van der Waals surface area contributed by atoms with Gasteiger partial charge in [-0.05, 0) is 36.8 Å². The first-order valence-electron chi connectivity index (χ1n) is 8.10. The first-order valence-corrected chi connectivity index (χ1v) is 8.47. The van der Waals surface area contributed by atoms with E-state index in [1.165, 1.54) is 36.0 Å². The third-order valence-electron chi connectivity index (χ3n) is 4.67. The number of benzene rings is 1. The number of aryl methyl sites for hydroxylation is 1. The lowest BCUT2D eigenvalue weighted by Gasteiger charge is -2.28. The molecule has 1 aliphatic carbocycles. The molecule has 21 heavy (non-hydrogen) atoms. The number of piperazine rings is 1. The van der Waals surface area contributed by atoms with Crippen LogP contribution in [0.4, 0.5) is 0 Å². The van der Waals surface area contributed by atoms with Crippen LogP contribution in [0.15, 0.2) is 6.07 Å². The van der Waals surface area contributed by atoms with E-state index in [-0.39, 0.29) is 0 Å². The van der Waals surface area contributed by atoms with Crippen molar-refractivity contribution in [2.75, 3.05) is 33.3 Å². The second kappa shape index (κ2) is 6.99. The van der Waals surface area contributed by atoms with E-state index < -0.39 is 0 Å². The number of fused-ring (bicyclic) bond motifs is 1. The van der Waals surface area contributed by atoms with Gasteiger partial charge in [-0.15, -0.1) is 0 Å². The molecule has 0 radical (unpaired) electrons. The Bertz CT molecular complexity index is 498. The van der Waals surface area contributed by atoms with Gasteiger partial charge in [-0.25, -0.2) is 0 Å². The maximum Gasteiger partial charge on any atom is 0.142 e. The molecule has 2 aliphatic rings. The standard InChI is InChI=1S/C17H25ClN2O/c1-21-17-14(12-20-9-7-19-8-10-20)11-13-5-3-2-4-6-15(13)16(17)18/h11,19H,2-10,12H2,1H3. The van der Waals surface area contributed by atoms with Gasteiger partial charge in [0.05, 0.1) is 12.1 Å². The molecule has 1 aliphatic heterocycles. The number of rotatable bonds is 3. The summed E-state index contributed by atoms with van der Waals surface area (Å²) in [6, 6.07) is 2.35. The Labute approximate surface area is 132 Å². The highest BCUT2D eigenvalue weighted by Gasteiger charge is 2.20. The minimum Gasteiger partial charge on any atom is -0.495 e. The van der Waals surface area contributed by atoms with Gasteiger partial charge >= 0.3 is 0 Å². The van der Waals surface area contributed by atoms with Crippen LogP contribution in [0.3, 0.4) is 0 Å². The van der Waals surface area contributed by atoms with Gasteiger partial charge in [0.15, 0.2) is 0 Å². The quantitative estimate of drug-likeness (QED) is 0.869. The molecule has 1 aromatic rings. The first kappa shape index (κ1) is 15.1. The van der Waals surface area contributed by atoms with Gasteiger partial charge < -0.3 is 10.1 Å². The molecule has 1 fully saturated rings. The largest absolute Gasteiger partial charge is 0.495 e. The Hall–Kier alpha value is -0.770. The molecule has 0 aromatic heterocycles. The molecule has 1 saturated heterocycles. The van der Waals surface area contributed by atoms with Gasteiger partial charge in [0, 0.05) is 38.3 Å². The van der Waals surface area contributed by atoms with Crippen LogP contribution >= 0.6 is 11.6 Å². The third-order valence-corrected chi connectivity index (χ3v) is 5.07. The minimum absolute atomic E-state index is 0.863. The van der Waals surface area contributed by atoms with Gasteiger partial charge in [0.2, 0.25) is 0 Å². The highest BCUT2D eigenvalue weighted by Crippen LogP contribution is 2.38. The Balaban J connectivity index is 1.91. The molecular formula is C17H25ClN2O. The summed E-state index contributed by atoms with van der Waals surface area (Å²) in [5.41, 5.74) is 4.03. The Morgan fingerprint density at radius 1 is 1.19 bits per heavy atom. The molecule has 3 rings (SSSR count). The van der Waals surface area contributed by atoms with Crippen molar-refractivity contribution >= 4 is 11.6 Å². The van der Waals surface area contributed by atoms with E-state index in [2.05, 4.69) is 16.3 Å². The van der Waals surface area contributed by atoms with Crippen LogP contribution in [0.25, 0.3) is 0 Å². The molecule has 0 amide bonds. The molecule has 0 saturated carbocycles. The van der Waals surface area contributed by atoms with E-state index in [1.54, 1.807) is 7.11 Å². The average Bonchev–Trinajstić information content (AvgIpc) is 2.74. The van der Waals surface area contributed by atoms with Crippen molar-refractivity contribution in [2.24, 2.45) is 0 Å². The number of hydrogen-bond acceptors (Lipinski definition) is 3. The number of nitrogens with zero attached hydrogens (tertiary/aromatic N) is 1. The van der Waals surface area contributed by atoms with Crippen LogP contribution < -0.4 is 10.1 Å². The molecule has 116 valence electrons. The lowest BCUT2D eigenvalue weighted by molar-refractivity contribution is 0.230. The molecule has 0 unspecified atom stereocenters. The predicted molar refractivity (Wildman–Crippen MR) is 87.4 cm³/mol. The fourth-order valence-electron chi connectivity index (χ4n) is 3.52. The number of ether oxygens (including phenoxy) is 1. The van der Waals surface area contributed by atoms with Crippen LogP contribution in [0, 0.1) is 0 Å². The number of halogens is 1. The van der Waals surface area contributed by atoms with Gasteiger partial charge in [0.1, 0.15) is 5.75 Å². The minimum atomic E-state index is 0.863.